The van der Waals surface area contributed by atoms with Crippen LogP contribution in [0.2, 0.25) is 0 Å². The molecule has 0 radical (unpaired) electrons. The van der Waals surface area contributed by atoms with Gasteiger partial charge in [-0.15, -0.1) is 0 Å². The summed E-state index contributed by atoms with van der Waals surface area (Å²) < 4.78 is 0. The van der Waals surface area contributed by atoms with Crippen LogP contribution in [0.4, 0.5) is 0 Å². The first kappa shape index (κ1) is 12.1. The lowest BCUT2D eigenvalue weighted by Crippen LogP contribution is -1.81. The van der Waals surface area contributed by atoms with E-state index in [4.69, 9.17) is 5.26 Å². The summed E-state index contributed by atoms with van der Waals surface area (Å²) in [6.07, 6.45) is 5.94. The monoisotopic (exact) mass is 256 g/mol. The van der Waals surface area contributed by atoms with Crippen LogP contribution < -0.4 is 0 Å². The molecule has 0 amide bonds. The van der Waals surface area contributed by atoms with E-state index in [0.717, 1.165) is 22.0 Å². The molecule has 94 valence electrons. The van der Waals surface area contributed by atoms with Crippen molar-refractivity contribution in [2.24, 2.45) is 0 Å². The zero-order valence-corrected chi connectivity index (χ0v) is 10.8. The third kappa shape index (κ3) is 2.43. The maximum atomic E-state index is 8.78. The van der Waals surface area contributed by atoms with E-state index in [1.165, 1.54) is 0 Å². The summed E-state index contributed by atoms with van der Waals surface area (Å²) >= 11 is 0. The number of hydrogen-bond acceptors (Lipinski definition) is 2. The highest BCUT2D eigenvalue weighted by atomic mass is 14.6. The molecule has 3 rings (SSSR count). The van der Waals surface area contributed by atoms with Gasteiger partial charge in [-0.2, -0.15) is 5.26 Å². The number of hydrogen-bond donors (Lipinski definition) is 0. The fraction of sp³-hybridized carbons (Fsp3) is 0. The molecule has 0 aliphatic carbocycles. The van der Waals surface area contributed by atoms with Crippen LogP contribution >= 0.6 is 0 Å². The summed E-state index contributed by atoms with van der Waals surface area (Å²) in [5, 5.41) is 9.92. The Kier molecular flexibility index (Phi) is 3.26. The van der Waals surface area contributed by atoms with Crippen LogP contribution in [0.1, 0.15) is 16.7 Å². The number of nitrogens with zero attached hydrogens (tertiary/aromatic N) is 2. The van der Waals surface area contributed by atoms with Gasteiger partial charge >= 0.3 is 0 Å². The van der Waals surface area contributed by atoms with Crippen molar-refractivity contribution < 1.29 is 0 Å². The minimum absolute atomic E-state index is 0.677. The number of nitriles is 1. The van der Waals surface area contributed by atoms with E-state index in [1.54, 1.807) is 0 Å². The predicted octanol–water partition coefficient (Wildman–Crippen LogP) is 4.28. The Labute approximate surface area is 117 Å². The molecule has 0 atom stereocenters. The van der Waals surface area contributed by atoms with E-state index in [-0.39, 0.29) is 0 Å². The van der Waals surface area contributed by atoms with Crippen molar-refractivity contribution in [1.82, 2.24) is 4.98 Å². The second-order valence-electron chi connectivity index (χ2n) is 4.48. The summed E-state index contributed by atoms with van der Waals surface area (Å²) in [6.45, 7) is 0. The highest BCUT2D eigenvalue weighted by Gasteiger charge is 1.97. The molecule has 2 nitrogen and oxygen atoms in total. The molecule has 2 aromatic carbocycles. The molecule has 0 saturated heterocycles. The molecule has 1 heterocycles. The van der Waals surface area contributed by atoms with E-state index in [9.17, 15) is 0 Å². The quantitative estimate of drug-likeness (QED) is 0.686. The zero-order valence-electron chi connectivity index (χ0n) is 10.8. The lowest BCUT2D eigenvalue weighted by atomic mass is 10.1. The van der Waals surface area contributed by atoms with Gasteiger partial charge in [-0.1, -0.05) is 42.5 Å². The molecule has 0 spiro atoms. The van der Waals surface area contributed by atoms with Crippen LogP contribution in [0, 0.1) is 11.3 Å². The minimum Gasteiger partial charge on any atom is -0.256 e. The molecule has 0 fully saturated rings. The maximum Gasteiger partial charge on any atom is 0.0991 e. The Morgan fingerprint density at radius 1 is 0.900 bits per heavy atom. The van der Waals surface area contributed by atoms with Gasteiger partial charge in [0.1, 0.15) is 0 Å². The first-order chi connectivity index (χ1) is 9.86. The van der Waals surface area contributed by atoms with Gasteiger partial charge in [-0.05, 0) is 35.4 Å². The van der Waals surface area contributed by atoms with E-state index in [1.807, 2.05) is 60.8 Å². The summed E-state index contributed by atoms with van der Waals surface area (Å²) in [4.78, 5) is 4.35. The van der Waals surface area contributed by atoms with Crippen molar-refractivity contribution >= 4 is 23.1 Å². The van der Waals surface area contributed by atoms with Gasteiger partial charge < -0.3 is 0 Å². The van der Waals surface area contributed by atoms with Crippen LogP contribution in [-0.2, 0) is 0 Å². The molecule has 20 heavy (non-hydrogen) atoms. The molecular formula is C18H12N2. The third-order valence-corrected chi connectivity index (χ3v) is 3.18. The normalized spacial score (nSPS) is 10.8. The lowest BCUT2D eigenvalue weighted by Gasteiger charge is -2.01. The number of rotatable bonds is 2. The maximum absolute atomic E-state index is 8.78. The topological polar surface area (TPSA) is 36.7 Å². The van der Waals surface area contributed by atoms with E-state index in [2.05, 4.69) is 23.2 Å². The summed E-state index contributed by atoms with van der Waals surface area (Å²) in [7, 11) is 0. The van der Waals surface area contributed by atoms with Crippen molar-refractivity contribution in [1.29, 1.82) is 5.26 Å². The fourth-order valence-corrected chi connectivity index (χ4v) is 2.12. The van der Waals surface area contributed by atoms with E-state index in [0.29, 0.717) is 5.56 Å². The first-order valence-corrected chi connectivity index (χ1v) is 6.39. The Morgan fingerprint density at radius 2 is 1.70 bits per heavy atom. The molecule has 2 heteroatoms. The molecule has 0 aliphatic rings. The smallest absolute Gasteiger partial charge is 0.0991 e. The highest BCUT2D eigenvalue weighted by Crippen LogP contribution is 2.18. The predicted molar refractivity (Wildman–Crippen MR) is 81.8 cm³/mol. The van der Waals surface area contributed by atoms with Crippen LogP contribution in [0.3, 0.4) is 0 Å². The molecule has 0 saturated carbocycles. The largest absolute Gasteiger partial charge is 0.256 e. The molecule has 0 bridgehead atoms. The lowest BCUT2D eigenvalue weighted by molar-refractivity contribution is 1.41. The molecule has 3 aromatic rings. The number of benzene rings is 2. The standard InChI is InChI=1S/C18H12N2/c19-13-15-7-5-14(6-8-15)9-10-16-11-12-20-18-4-2-1-3-17(16)18/h1-12H/b10-9+. The number of pyridine rings is 1. The summed E-state index contributed by atoms with van der Waals surface area (Å²) in [5.41, 5.74) is 3.89. The number of para-hydroxylation sites is 1. The van der Waals surface area contributed by atoms with Gasteiger partial charge in [0.25, 0.3) is 0 Å². The van der Waals surface area contributed by atoms with E-state index < -0.39 is 0 Å². The minimum atomic E-state index is 0.677. The van der Waals surface area contributed by atoms with Gasteiger partial charge in [0, 0.05) is 11.6 Å². The van der Waals surface area contributed by atoms with Gasteiger partial charge in [0.15, 0.2) is 0 Å². The Balaban J connectivity index is 1.96. The van der Waals surface area contributed by atoms with Crippen LogP contribution in [0.5, 0.6) is 0 Å². The molecule has 0 unspecified atom stereocenters. The Hall–Kier alpha value is -2.92. The molecule has 1 aromatic heterocycles. The van der Waals surface area contributed by atoms with E-state index >= 15 is 0 Å². The van der Waals surface area contributed by atoms with Crippen LogP contribution in [0.25, 0.3) is 23.1 Å². The SMILES string of the molecule is N#Cc1ccc(/C=C/c2ccnc3ccccc23)cc1. The van der Waals surface area contributed by atoms with Gasteiger partial charge in [0.05, 0.1) is 17.1 Å². The van der Waals surface area contributed by atoms with Crippen molar-refractivity contribution in [3.8, 4) is 6.07 Å². The molecular weight excluding hydrogens is 244 g/mol. The highest BCUT2D eigenvalue weighted by molar-refractivity contribution is 5.90. The summed E-state index contributed by atoms with van der Waals surface area (Å²) in [5.74, 6) is 0. The Bertz CT molecular complexity index is 803. The molecule has 0 aliphatic heterocycles. The van der Waals surface area contributed by atoms with Crippen LogP contribution in [-0.4, -0.2) is 4.98 Å². The van der Waals surface area contributed by atoms with Gasteiger partial charge in [-0.3, -0.25) is 4.98 Å². The van der Waals surface area contributed by atoms with Crippen molar-refractivity contribution in [3.63, 3.8) is 0 Å². The van der Waals surface area contributed by atoms with Crippen molar-refractivity contribution in [3.05, 3.63) is 77.5 Å². The second kappa shape index (κ2) is 5.38. The number of fused-ring (bicyclic) bond motifs is 1. The van der Waals surface area contributed by atoms with Crippen LogP contribution in [0.15, 0.2) is 60.8 Å². The fourth-order valence-electron chi connectivity index (χ4n) is 2.12. The zero-order chi connectivity index (χ0) is 13.8. The summed E-state index contributed by atoms with van der Waals surface area (Å²) in [6, 6.07) is 19.7. The molecule has 0 N–H and O–H groups in total. The third-order valence-electron chi connectivity index (χ3n) is 3.18. The average molecular weight is 256 g/mol. The number of aromatic nitrogens is 1. The van der Waals surface area contributed by atoms with Gasteiger partial charge in [-0.25, -0.2) is 0 Å². The Morgan fingerprint density at radius 3 is 2.50 bits per heavy atom. The first-order valence-electron chi connectivity index (χ1n) is 6.39. The van der Waals surface area contributed by atoms with Crippen molar-refractivity contribution in [2.45, 2.75) is 0 Å². The van der Waals surface area contributed by atoms with Gasteiger partial charge in [0.2, 0.25) is 0 Å². The van der Waals surface area contributed by atoms with Crippen molar-refractivity contribution in [2.75, 3.05) is 0 Å². The second-order valence-corrected chi connectivity index (χ2v) is 4.48. The average Bonchev–Trinajstić information content (AvgIpc) is 2.53.